The smallest absolute Gasteiger partial charge is 0.240 e. The van der Waals surface area contributed by atoms with Crippen LogP contribution in [0.4, 0.5) is 5.69 Å². The molecule has 2 aromatic carbocycles. The Balaban J connectivity index is 1.29. The molecular formula is C22H24BrN3O2. The van der Waals surface area contributed by atoms with Crippen molar-refractivity contribution in [3.8, 4) is 0 Å². The summed E-state index contributed by atoms with van der Waals surface area (Å²) in [6.07, 6.45) is 2.23. The molecule has 0 bridgehead atoms. The molecule has 2 aromatic rings. The average Bonchev–Trinajstić information content (AvgIpc) is 2.70. The average molecular weight is 442 g/mol. The zero-order chi connectivity index (χ0) is 19.5. The lowest BCUT2D eigenvalue weighted by Crippen LogP contribution is -2.45. The number of hydrogen-bond acceptors (Lipinski definition) is 3. The zero-order valence-corrected chi connectivity index (χ0v) is 17.4. The number of fused-ring (bicyclic) bond motifs is 2. The molecule has 2 aliphatic rings. The van der Waals surface area contributed by atoms with Gasteiger partial charge in [-0.05, 0) is 47.7 Å². The lowest BCUT2D eigenvalue weighted by molar-refractivity contribution is -0.124. The number of carbonyl (C=O) groups is 2. The van der Waals surface area contributed by atoms with Gasteiger partial charge in [-0.25, -0.2) is 0 Å². The topological polar surface area (TPSA) is 52.7 Å². The lowest BCUT2D eigenvalue weighted by Gasteiger charge is -2.30. The van der Waals surface area contributed by atoms with Crippen LogP contribution < -0.4 is 10.2 Å². The number of hydrogen-bond donors (Lipinski definition) is 1. The third-order valence-corrected chi connectivity index (χ3v) is 6.00. The van der Waals surface area contributed by atoms with E-state index < -0.39 is 0 Å². The van der Waals surface area contributed by atoms with Gasteiger partial charge in [0.1, 0.15) is 6.54 Å². The highest BCUT2D eigenvalue weighted by Gasteiger charge is 2.26. The van der Waals surface area contributed by atoms with Crippen LogP contribution in [-0.2, 0) is 29.0 Å². The number of aryl methyl sites for hydroxylation is 1. The SMILES string of the molecule is O=C(CN1C(=O)CCc2cc(Br)ccc21)NCCN1CCc2ccccc2C1. The summed E-state index contributed by atoms with van der Waals surface area (Å²) in [5.74, 6) is -0.0980. The normalized spacial score (nSPS) is 16.5. The van der Waals surface area contributed by atoms with E-state index >= 15 is 0 Å². The van der Waals surface area contributed by atoms with E-state index in [4.69, 9.17) is 0 Å². The maximum Gasteiger partial charge on any atom is 0.240 e. The number of amides is 2. The molecule has 0 aromatic heterocycles. The highest BCUT2D eigenvalue weighted by molar-refractivity contribution is 9.10. The molecule has 0 fully saturated rings. The Kier molecular flexibility index (Phi) is 5.78. The van der Waals surface area contributed by atoms with Crippen LogP contribution >= 0.6 is 15.9 Å². The highest BCUT2D eigenvalue weighted by atomic mass is 79.9. The van der Waals surface area contributed by atoms with Crippen LogP contribution in [0.25, 0.3) is 0 Å². The number of anilines is 1. The Morgan fingerprint density at radius 3 is 2.71 bits per heavy atom. The fourth-order valence-electron chi connectivity index (χ4n) is 4.00. The standard InChI is InChI=1S/C22H24BrN3O2/c23-19-6-7-20-17(13-19)5-8-22(28)26(20)15-21(27)24-10-12-25-11-9-16-3-1-2-4-18(16)14-25/h1-4,6-7,13H,5,8-12,14-15H2,(H,24,27). The minimum Gasteiger partial charge on any atom is -0.353 e. The van der Waals surface area contributed by atoms with Gasteiger partial charge < -0.3 is 10.2 Å². The monoisotopic (exact) mass is 441 g/mol. The molecule has 1 N–H and O–H groups in total. The van der Waals surface area contributed by atoms with Crippen molar-refractivity contribution in [3.63, 3.8) is 0 Å². The van der Waals surface area contributed by atoms with E-state index in [-0.39, 0.29) is 18.4 Å². The molecule has 0 saturated heterocycles. The van der Waals surface area contributed by atoms with Crippen LogP contribution in [0.5, 0.6) is 0 Å². The first-order valence-electron chi connectivity index (χ1n) is 9.75. The van der Waals surface area contributed by atoms with Gasteiger partial charge in [-0.15, -0.1) is 0 Å². The third-order valence-electron chi connectivity index (χ3n) is 5.50. The predicted molar refractivity (Wildman–Crippen MR) is 113 cm³/mol. The molecule has 6 heteroatoms. The first-order valence-corrected chi connectivity index (χ1v) is 10.5. The number of halogens is 1. The Bertz CT molecular complexity index is 899. The van der Waals surface area contributed by atoms with Crippen LogP contribution in [-0.4, -0.2) is 42.9 Å². The van der Waals surface area contributed by atoms with Crippen LogP contribution in [0, 0.1) is 0 Å². The van der Waals surface area contributed by atoms with E-state index in [2.05, 4.69) is 50.4 Å². The van der Waals surface area contributed by atoms with Gasteiger partial charge in [0.05, 0.1) is 0 Å². The molecule has 2 heterocycles. The minimum absolute atomic E-state index is 0.0117. The Morgan fingerprint density at radius 2 is 1.86 bits per heavy atom. The molecule has 0 aliphatic carbocycles. The fourth-order valence-corrected chi connectivity index (χ4v) is 4.41. The molecule has 2 aliphatic heterocycles. The quantitative estimate of drug-likeness (QED) is 0.775. The summed E-state index contributed by atoms with van der Waals surface area (Å²) in [6.45, 7) is 3.43. The van der Waals surface area contributed by atoms with E-state index in [0.29, 0.717) is 13.0 Å². The maximum atomic E-state index is 12.4. The second kappa shape index (κ2) is 8.45. The van der Waals surface area contributed by atoms with Gasteiger partial charge >= 0.3 is 0 Å². The van der Waals surface area contributed by atoms with Gasteiger partial charge in [0.25, 0.3) is 0 Å². The number of nitrogens with zero attached hydrogens (tertiary/aromatic N) is 2. The Labute approximate surface area is 173 Å². The van der Waals surface area contributed by atoms with Gasteiger partial charge in [0.2, 0.25) is 11.8 Å². The summed E-state index contributed by atoms with van der Waals surface area (Å²) in [5.41, 5.74) is 4.76. The Morgan fingerprint density at radius 1 is 1.04 bits per heavy atom. The molecule has 5 nitrogen and oxygen atoms in total. The summed E-state index contributed by atoms with van der Waals surface area (Å²) in [7, 11) is 0. The van der Waals surface area contributed by atoms with E-state index in [0.717, 1.165) is 48.2 Å². The number of carbonyl (C=O) groups excluding carboxylic acids is 2. The summed E-state index contributed by atoms with van der Waals surface area (Å²) in [5, 5.41) is 2.98. The molecule has 4 rings (SSSR count). The van der Waals surface area contributed by atoms with E-state index in [1.807, 2.05) is 18.2 Å². The third kappa shape index (κ3) is 4.28. The van der Waals surface area contributed by atoms with Crippen LogP contribution in [0.15, 0.2) is 46.9 Å². The molecule has 28 heavy (non-hydrogen) atoms. The van der Waals surface area contributed by atoms with Crippen molar-refractivity contribution < 1.29 is 9.59 Å². The molecule has 0 saturated carbocycles. The van der Waals surface area contributed by atoms with Crippen LogP contribution in [0.3, 0.4) is 0 Å². The summed E-state index contributed by atoms with van der Waals surface area (Å²) in [6, 6.07) is 14.4. The van der Waals surface area contributed by atoms with Crippen molar-refractivity contribution in [2.45, 2.75) is 25.8 Å². The van der Waals surface area contributed by atoms with Crippen molar-refractivity contribution in [2.24, 2.45) is 0 Å². The van der Waals surface area contributed by atoms with E-state index in [1.165, 1.54) is 11.1 Å². The largest absolute Gasteiger partial charge is 0.353 e. The molecule has 0 atom stereocenters. The lowest BCUT2D eigenvalue weighted by atomic mass is 10.00. The van der Waals surface area contributed by atoms with Crippen LogP contribution in [0.1, 0.15) is 23.1 Å². The first kappa shape index (κ1) is 19.2. The predicted octanol–water partition coefficient (Wildman–Crippen LogP) is 2.90. The van der Waals surface area contributed by atoms with Gasteiger partial charge in [-0.2, -0.15) is 0 Å². The minimum atomic E-state index is -0.110. The summed E-state index contributed by atoms with van der Waals surface area (Å²) < 4.78 is 0.994. The van der Waals surface area contributed by atoms with Gasteiger partial charge in [0, 0.05) is 42.8 Å². The zero-order valence-electron chi connectivity index (χ0n) is 15.8. The molecular weight excluding hydrogens is 418 g/mol. The second-order valence-corrected chi connectivity index (χ2v) is 8.31. The number of rotatable bonds is 5. The van der Waals surface area contributed by atoms with Crippen molar-refractivity contribution in [2.75, 3.05) is 31.1 Å². The molecule has 0 unspecified atom stereocenters. The highest BCUT2D eigenvalue weighted by Crippen LogP contribution is 2.30. The van der Waals surface area contributed by atoms with Crippen molar-refractivity contribution in [3.05, 3.63) is 63.6 Å². The summed E-state index contributed by atoms with van der Waals surface area (Å²) in [4.78, 5) is 28.8. The van der Waals surface area contributed by atoms with E-state index in [9.17, 15) is 9.59 Å². The molecule has 146 valence electrons. The molecule has 0 spiro atoms. The number of nitrogens with one attached hydrogen (secondary N) is 1. The van der Waals surface area contributed by atoms with Crippen molar-refractivity contribution in [1.29, 1.82) is 0 Å². The second-order valence-electron chi connectivity index (χ2n) is 7.40. The van der Waals surface area contributed by atoms with Gasteiger partial charge in [-0.3, -0.25) is 14.5 Å². The first-order chi connectivity index (χ1) is 13.6. The molecule has 2 amide bonds. The summed E-state index contributed by atoms with van der Waals surface area (Å²) >= 11 is 3.47. The fraction of sp³-hybridized carbons (Fsp3) is 0.364. The Hall–Kier alpha value is -2.18. The van der Waals surface area contributed by atoms with Crippen molar-refractivity contribution >= 4 is 33.4 Å². The molecule has 0 radical (unpaired) electrons. The van der Waals surface area contributed by atoms with Gasteiger partial charge in [-0.1, -0.05) is 40.2 Å². The van der Waals surface area contributed by atoms with Gasteiger partial charge in [0.15, 0.2) is 0 Å². The van der Waals surface area contributed by atoms with Crippen LogP contribution in [0.2, 0.25) is 0 Å². The number of benzene rings is 2. The van der Waals surface area contributed by atoms with Crippen molar-refractivity contribution in [1.82, 2.24) is 10.2 Å². The maximum absolute atomic E-state index is 12.4. The van der Waals surface area contributed by atoms with E-state index in [1.54, 1.807) is 4.90 Å².